The fourth-order valence-corrected chi connectivity index (χ4v) is 11.9. The SMILES string of the molecule is CC(C)=CCC[C@](C)(O)[C@H]1CC[C@]2(C)[C@@H]1[C@H](O[C@@H]1O[C@H](CO)[C@@H](O)[C@H](O)[C@H]1O)C[C@@H]1[C@@]3(C)CC[C@H](O)C(C)(C)[C@@H]3[C@@H](O)C[C@]12C. The number of fused-ring (bicyclic) bond motifs is 5. The molecule has 0 aromatic carbocycles. The van der Waals surface area contributed by atoms with Crippen LogP contribution in [-0.2, 0) is 9.47 Å². The first-order valence-electron chi connectivity index (χ1n) is 17.4. The molecular weight excluding hydrogens is 576 g/mol. The molecule has 5 fully saturated rings. The third kappa shape index (κ3) is 5.48. The molecule has 4 aliphatic carbocycles. The van der Waals surface area contributed by atoms with Crippen LogP contribution in [0.2, 0.25) is 0 Å². The van der Waals surface area contributed by atoms with Gasteiger partial charge in [-0.3, -0.25) is 0 Å². The summed E-state index contributed by atoms with van der Waals surface area (Å²) < 4.78 is 12.7. The van der Waals surface area contributed by atoms with Crippen LogP contribution in [0.25, 0.3) is 0 Å². The van der Waals surface area contributed by atoms with Gasteiger partial charge in [-0.2, -0.15) is 0 Å². The minimum Gasteiger partial charge on any atom is -0.394 e. The number of rotatable bonds is 7. The fourth-order valence-electron chi connectivity index (χ4n) is 11.9. The second-order valence-electron chi connectivity index (χ2n) is 17.5. The highest BCUT2D eigenvalue weighted by Crippen LogP contribution is 2.76. The quantitative estimate of drug-likeness (QED) is 0.164. The van der Waals surface area contributed by atoms with Crippen molar-refractivity contribution in [3.05, 3.63) is 11.6 Å². The molecule has 0 aromatic rings. The normalized spacial score (nSPS) is 52.2. The molecule has 7 N–H and O–H groups in total. The van der Waals surface area contributed by atoms with E-state index in [0.717, 1.165) is 25.7 Å². The molecule has 0 bridgehead atoms. The molecule has 5 rings (SSSR count). The molecule has 0 radical (unpaired) electrons. The Hall–Kier alpha value is -0.620. The van der Waals surface area contributed by atoms with Gasteiger partial charge in [0.15, 0.2) is 6.29 Å². The maximum Gasteiger partial charge on any atom is 0.186 e. The van der Waals surface area contributed by atoms with Crippen molar-refractivity contribution in [1.82, 2.24) is 0 Å². The standard InChI is InChI=1S/C36H62O9/c1-19(2)10-9-13-36(8,43)20-11-15-34(6)26(20)22(44-31-29(42)28(41)27(40)23(18-37)45-31)16-24-33(5)14-12-25(39)32(3,4)30(33)21(38)17-35(24,34)7/h10,20-31,37-43H,9,11-18H2,1-8H3/t20-,21-,22+,23+,24+,25-,26-,27+,28-,29+,30-,31+,33+,34+,35+,36-/m0/s1. The first-order chi connectivity index (χ1) is 20.8. The zero-order chi connectivity index (χ0) is 33.5. The number of allylic oxidation sites excluding steroid dienone is 2. The predicted octanol–water partition coefficient (Wildman–Crippen LogP) is 3.30. The van der Waals surface area contributed by atoms with Gasteiger partial charge in [-0.25, -0.2) is 0 Å². The molecule has 0 unspecified atom stereocenters. The highest BCUT2D eigenvalue weighted by atomic mass is 16.7. The number of hydrogen-bond acceptors (Lipinski definition) is 9. The largest absolute Gasteiger partial charge is 0.394 e. The van der Waals surface area contributed by atoms with E-state index in [2.05, 4.69) is 54.5 Å². The van der Waals surface area contributed by atoms with Crippen LogP contribution in [0.1, 0.15) is 107 Å². The molecule has 1 heterocycles. The molecule has 1 aliphatic heterocycles. The third-order valence-electron chi connectivity index (χ3n) is 14.4. The van der Waals surface area contributed by atoms with Gasteiger partial charge in [-0.1, -0.05) is 46.3 Å². The Morgan fingerprint density at radius 1 is 0.933 bits per heavy atom. The van der Waals surface area contributed by atoms with Crippen LogP contribution in [-0.4, -0.2) is 97.0 Å². The van der Waals surface area contributed by atoms with Crippen LogP contribution in [0, 0.1) is 45.3 Å². The molecule has 0 aromatic heterocycles. The van der Waals surface area contributed by atoms with Crippen molar-refractivity contribution >= 4 is 0 Å². The van der Waals surface area contributed by atoms with Crippen molar-refractivity contribution in [3.63, 3.8) is 0 Å². The lowest BCUT2D eigenvalue weighted by atomic mass is 9.34. The molecule has 0 spiro atoms. The minimum absolute atomic E-state index is 0.107. The van der Waals surface area contributed by atoms with Gasteiger partial charge in [0, 0.05) is 0 Å². The molecule has 16 atom stereocenters. The maximum atomic E-state index is 12.1. The van der Waals surface area contributed by atoms with E-state index in [1.807, 2.05) is 6.92 Å². The molecule has 9 heteroatoms. The average Bonchev–Trinajstić information content (AvgIpc) is 3.32. The van der Waals surface area contributed by atoms with Gasteiger partial charge in [-0.05, 0) is 117 Å². The molecule has 4 saturated carbocycles. The zero-order valence-electron chi connectivity index (χ0n) is 28.8. The number of ether oxygens (including phenoxy) is 2. The van der Waals surface area contributed by atoms with Gasteiger partial charge in [-0.15, -0.1) is 0 Å². The summed E-state index contributed by atoms with van der Waals surface area (Å²) in [5.74, 6) is -0.268. The molecule has 9 nitrogen and oxygen atoms in total. The van der Waals surface area contributed by atoms with Gasteiger partial charge < -0.3 is 45.2 Å². The summed E-state index contributed by atoms with van der Waals surface area (Å²) in [5, 5.41) is 77.3. The van der Waals surface area contributed by atoms with E-state index in [4.69, 9.17) is 9.47 Å². The smallest absolute Gasteiger partial charge is 0.186 e. The van der Waals surface area contributed by atoms with Gasteiger partial charge in [0.25, 0.3) is 0 Å². The van der Waals surface area contributed by atoms with Crippen molar-refractivity contribution in [2.75, 3.05) is 6.61 Å². The van der Waals surface area contributed by atoms with E-state index in [1.54, 1.807) is 0 Å². The monoisotopic (exact) mass is 638 g/mol. The van der Waals surface area contributed by atoms with Crippen LogP contribution < -0.4 is 0 Å². The van der Waals surface area contributed by atoms with Gasteiger partial charge in [0.2, 0.25) is 0 Å². The van der Waals surface area contributed by atoms with E-state index >= 15 is 0 Å². The molecular formula is C36H62O9. The lowest BCUT2D eigenvalue weighted by molar-refractivity contribution is -0.339. The van der Waals surface area contributed by atoms with Crippen LogP contribution >= 0.6 is 0 Å². The Morgan fingerprint density at radius 2 is 1.60 bits per heavy atom. The van der Waals surface area contributed by atoms with E-state index < -0.39 is 66.6 Å². The summed E-state index contributed by atoms with van der Waals surface area (Å²) in [6, 6.07) is 0. The Balaban J connectivity index is 1.58. The van der Waals surface area contributed by atoms with E-state index in [-0.39, 0.29) is 39.9 Å². The van der Waals surface area contributed by atoms with Crippen molar-refractivity contribution in [2.45, 2.75) is 161 Å². The lowest BCUT2D eigenvalue weighted by Gasteiger charge is -2.71. The van der Waals surface area contributed by atoms with Gasteiger partial charge >= 0.3 is 0 Å². The average molecular weight is 639 g/mol. The number of aliphatic hydroxyl groups is 7. The summed E-state index contributed by atoms with van der Waals surface area (Å²) >= 11 is 0. The Bertz CT molecular complexity index is 1100. The van der Waals surface area contributed by atoms with Crippen molar-refractivity contribution in [1.29, 1.82) is 0 Å². The first-order valence-corrected chi connectivity index (χ1v) is 17.4. The van der Waals surface area contributed by atoms with E-state index in [1.165, 1.54) is 5.57 Å². The highest BCUT2D eigenvalue weighted by Gasteiger charge is 2.73. The second kappa shape index (κ2) is 12.1. The van der Waals surface area contributed by atoms with Crippen molar-refractivity contribution in [3.8, 4) is 0 Å². The molecule has 5 aliphatic rings. The number of hydrogen-bond donors (Lipinski definition) is 7. The van der Waals surface area contributed by atoms with Crippen molar-refractivity contribution < 1.29 is 45.2 Å². The Kier molecular flexibility index (Phi) is 9.56. The summed E-state index contributed by atoms with van der Waals surface area (Å²) in [6.45, 7) is 16.6. The summed E-state index contributed by atoms with van der Waals surface area (Å²) in [4.78, 5) is 0. The minimum atomic E-state index is -1.54. The topological polar surface area (TPSA) is 160 Å². The maximum absolute atomic E-state index is 12.1. The summed E-state index contributed by atoms with van der Waals surface area (Å²) in [7, 11) is 0. The van der Waals surface area contributed by atoms with E-state index in [9.17, 15) is 35.7 Å². The molecule has 0 amide bonds. The van der Waals surface area contributed by atoms with Crippen molar-refractivity contribution in [2.24, 2.45) is 45.3 Å². The van der Waals surface area contributed by atoms with Crippen LogP contribution in [0.3, 0.4) is 0 Å². The molecule has 1 saturated heterocycles. The lowest BCUT2D eigenvalue weighted by Crippen LogP contribution is -2.70. The van der Waals surface area contributed by atoms with Crippen LogP contribution in [0.4, 0.5) is 0 Å². The van der Waals surface area contributed by atoms with Crippen LogP contribution in [0.15, 0.2) is 11.6 Å². The second-order valence-corrected chi connectivity index (χ2v) is 17.5. The molecule has 45 heavy (non-hydrogen) atoms. The summed E-state index contributed by atoms with van der Waals surface area (Å²) in [6.07, 6.45) is -0.646. The first kappa shape index (κ1) is 35.7. The summed E-state index contributed by atoms with van der Waals surface area (Å²) in [5.41, 5.74) is -1.20. The zero-order valence-corrected chi connectivity index (χ0v) is 28.8. The Labute approximate surface area is 270 Å². The number of aliphatic hydroxyl groups excluding tert-OH is 6. The van der Waals surface area contributed by atoms with Gasteiger partial charge in [0.05, 0.1) is 30.5 Å². The van der Waals surface area contributed by atoms with E-state index in [0.29, 0.717) is 25.7 Å². The third-order valence-corrected chi connectivity index (χ3v) is 14.4. The van der Waals surface area contributed by atoms with Crippen LogP contribution in [0.5, 0.6) is 0 Å². The fraction of sp³-hybridized carbons (Fsp3) is 0.944. The Morgan fingerprint density at radius 3 is 2.22 bits per heavy atom. The van der Waals surface area contributed by atoms with Gasteiger partial charge in [0.1, 0.15) is 24.4 Å². The molecule has 260 valence electrons. The highest BCUT2D eigenvalue weighted by molar-refractivity contribution is 5.22. The predicted molar refractivity (Wildman–Crippen MR) is 170 cm³/mol.